The second-order valence-electron chi connectivity index (χ2n) is 5.23. The Kier molecular flexibility index (Phi) is 27.4. The molecular formula is C16H30K2O4. The Balaban J connectivity index is -0.00000180. The van der Waals surface area contributed by atoms with E-state index in [-0.39, 0.29) is 109 Å². The normalized spacial score (nSPS) is 11.5. The van der Waals surface area contributed by atoms with Crippen LogP contribution in [0.15, 0.2) is 12.2 Å². The molecule has 0 saturated heterocycles. The molecular weight excluding hydrogens is 334 g/mol. The molecule has 0 saturated carbocycles. The number of allylic oxidation sites excluding steroid dienone is 1. The maximum absolute atomic E-state index is 10.8. The first-order valence-corrected chi connectivity index (χ1v) is 7.69. The predicted octanol–water partition coefficient (Wildman–Crippen LogP) is 2.95. The zero-order valence-corrected chi connectivity index (χ0v) is 12.5. The summed E-state index contributed by atoms with van der Waals surface area (Å²) in [4.78, 5) is 21.3. The van der Waals surface area contributed by atoms with E-state index in [4.69, 9.17) is 10.2 Å². The quantitative estimate of drug-likeness (QED) is 0.299. The Morgan fingerprint density at radius 1 is 0.909 bits per heavy atom. The zero-order chi connectivity index (χ0) is 15.2. The Morgan fingerprint density at radius 2 is 1.41 bits per heavy atom. The number of aliphatic carboxylic acids is 2. The minimum absolute atomic E-state index is 0. The number of carboxylic acids is 2. The molecule has 0 spiro atoms. The molecule has 1 atom stereocenters. The van der Waals surface area contributed by atoms with Crippen molar-refractivity contribution >= 4 is 115 Å². The topological polar surface area (TPSA) is 74.6 Å². The molecule has 120 valence electrons. The summed E-state index contributed by atoms with van der Waals surface area (Å²) in [7, 11) is 0. The van der Waals surface area contributed by atoms with Gasteiger partial charge in [0.2, 0.25) is 0 Å². The van der Waals surface area contributed by atoms with Gasteiger partial charge in [0.1, 0.15) is 0 Å². The first-order chi connectivity index (χ1) is 9.57. The third-order valence-electron chi connectivity index (χ3n) is 3.30. The Bertz CT molecular complexity index is 307. The summed E-state index contributed by atoms with van der Waals surface area (Å²) >= 11 is 0. The number of hydrogen-bond donors (Lipinski definition) is 2. The van der Waals surface area contributed by atoms with E-state index in [1.54, 1.807) is 6.08 Å². The number of rotatable bonds is 13. The average Bonchev–Trinajstić information content (AvgIpc) is 2.39. The molecule has 1 unspecified atom stereocenters. The van der Waals surface area contributed by atoms with Crippen LogP contribution in [0, 0.1) is 5.92 Å². The van der Waals surface area contributed by atoms with Crippen molar-refractivity contribution < 1.29 is 19.8 Å². The van der Waals surface area contributed by atoms with Crippen molar-refractivity contribution in [1.82, 2.24) is 0 Å². The standard InChI is InChI=1S/C16H28O4.2K.2H/c1-2-3-4-5-6-7-8-9-10-11-12-14(16(19)20)13-15(17)18;;;;/h11-12,14H,2-10,13H2,1H3,(H,17,18)(H,19,20);;;;/b12-11+;;;;. The molecule has 0 aliphatic heterocycles. The van der Waals surface area contributed by atoms with Crippen LogP contribution in [0.25, 0.3) is 0 Å². The van der Waals surface area contributed by atoms with Crippen LogP contribution in [0.3, 0.4) is 0 Å². The summed E-state index contributed by atoms with van der Waals surface area (Å²) in [6.07, 6.45) is 13.7. The van der Waals surface area contributed by atoms with Crippen molar-refractivity contribution in [3.05, 3.63) is 12.2 Å². The van der Waals surface area contributed by atoms with Crippen molar-refractivity contribution in [1.29, 1.82) is 0 Å². The molecule has 0 aromatic heterocycles. The molecule has 0 amide bonds. The summed E-state index contributed by atoms with van der Waals surface area (Å²) in [6.45, 7) is 2.21. The van der Waals surface area contributed by atoms with E-state index in [0.29, 0.717) is 0 Å². The first kappa shape index (κ1) is 28.7. The molecule has 0 aliphatic carbocycles. The molecule has 0 aromatic rings. The van der Waals surface area contributed by atoms with Gasteiger partial charge in [0.25, 0.3) is 0 Å². The van der Waals surface area contributed by atoms with Gasteiger partial charge in [-0.2, -0.15) is 0 Å². The van der Waals surface area contributed by atoms with E-state index < -0.39 is 17.9 Å². The van der Waals surface area contributed by atoms with Crippen molar-refractivity contribution in [2.24, 2.45) is 5.92 Å². The van der Waals surface area contributed by atoms with E-state index >= 15 is 0 Å². The molecule has 2 N–H and O–H groups in total. The number of unbranched alkanes of at least 4 members (excludes halogenated alkanes) is 8. The van der Waals surface area contributed by atoms with Gasteiger partial charge in [-0.05, 0) is 12.8 Å². The third kappa shape index (κ3) is 20.0. The van der Waals surface area contributed by atoms with E-state index in [1.807, 2.05) is 0 Å². The number of carbonyl (C=O) groups is 2. The number of carboxylic acid groups (broad SMARTS) is 2. The summed E-state index contributed by atoms with van der Waals surface area (Å²) in [5, 5.41) is 17.4. The fourth-order valence-electron chi connectivity index (χ4n) is 2.08. The maximum atomic E-state index is 10.8. The summed E-state index contributed by atoms with van der Waals surface area (Å²) in [6, 6.07) is 0. The Morgan fingerprint density at radius 3 is 1.86 bits per heavy atom. The van der Waals surface area contributed by atoms with Crippen LogP contribution >= 0.6 is 0 Å². The van der Waals surface area contributed by atoms with Gasteiger partial charge in [-0.25, -0.2) is 0 Å². The second kappa shape index (κ2) is 21.0. The SMILES string of the molecule is CCCCCCCCCC/C=C/C(CC(=O)O)C(=O)O.[KH].[KH]. The molecule has 0 aliphatic rings. The van der Waals surface area contributed by atoms with E-state index in [0.717, 1.165) is 19.3 Å². The molecule has 22 heavy (non-hydrogen) atoms. The van der Waals surface area contributed by atoms with Crippen LogP contribution in [0.4, 0.5) is 0 Å². The third-order valence-corrected chi connectivity index (χ3v) is 3.30. The van der Waals surface area contributed by atoms with Crippen molar-refractivity contribution in [3.63, 3.8) is 0 Å². The van der Waals surface area contributed by atoms with Crippen molar-refractivity contribution in [2.45, 2.75) is 71.1 Å². The van der Waals surface area contributed by atoms with Gasteiger partial charge < -0.3 is 10.2 Å². The van der Waals surface area contributed by atoms with Gasteiger partial charge in [0.05, 0.1) is 12.3 Å². The van der Waals surface area contributed by atoms with Crippen LogP contribution in [0.1, 0.15) is 71.1 Å². The van der Waals surface area contributed by atoms with Crippen molar-refractivity contribution in [3.8, 4) is 0 Å². The van der Waals surface area contributed by atoms with Gasteiger partial charge >= 0.3 is 115 Å². The van der Waals surface area contributed by atoms with Crippen LogP contribution in [0.5, 0.6) is 0 Å². The molecule has 0 rings (SSSR count). The molecule has 0 fully saturated rings. The van der Waals surface area contributed by atoms with Gasteiger partial charge in [-0.1, -0.05) is 64.0 Å². The van der Waals surface area contributed by atoms with Gasteiger partial charge in [-0.3, -0.25) is 9.59 Å². The molecule has 6 heteroatoms. The monoisotopic (exact) mass is 364 g/mol. The average molecular weight is 365 g/mol. The Labute approximate surface area is 219 Å². The van der Waals surface area contributed by atoms with Gasteiger partial charge in [0.15, 0.2) is 0 Å². The van der Waals surface area contributed by atoms with Gasteiger partial charge in [0, 0.05) is 0 Å². The van der Waals surface area contributed by atoms with E-state index in [1.165, 1.54) is 44.6 Å². The number of hydrogen-bond acceptors (Lipinski definition) is 2. The minimum atomic E-state index is -1.07. The molecule has 0 bridgehead atoms. The van der Waals surface area contributed by atoms with Crippen LogP contribution < -0.4 is 0 Å². The van der Waals surface area contributed by atoms with Crippen LogP contribution in [0.2, 0.25) is 0 Å². The molecule has 0 heterocycles. The van der Waals surface area contributed by atoms with Crippen molar-refractivity contribution in [2.75, 3.05) is 0 Å². The zero-order valence-electron chi connectivity index (χ0n) is 12.5. The summed E-state index contributed by atoms with van der Waals surface area (Å²) < 4.78 is 0. The molecule has 0 aromatic carbocycles. The van der Waals surface area contributed by atoms with E-state index in [2.05, 4.69) is 6.92 Å². The van der Waals surface area contributed by atoms with Crippen LogP contribution in [-0.4, -0.2) is 125 Å². The summed E-state index contributed by atoms with van der Waals surface area (Å²) in [5.41, 5.74) is 0. The Hall–Kier alpha value is 1.95. The first-order valence-electron chi connectivity index (χ1n) is 7.69. The summed E-state index contributed by atoms with van der Waals surface area (Å²) in [5.74, 6) is -3.05. The second-order valence-corrected chi connectivity index (χ2v) is 5.23. The fourth-order valence-corrected chi connectivity index (χ4v) is 2.08. The van der Waals surface area contributed by atoms with Gasteiger partial charge in [-0.15, -0.1) is 0 Å². The van der Waals surface area contributed by atoms with Crippen LogP contribution in [-0.2, 0) is 9.59 Å². The fraction of sp³-hybridized carbons (Fsp3) is 0.750. The molecule has 4 nitrogen and oxygen atoms in total. The predicted molar refractivity (Wildman–Crippen MR) is 94.0 cm³/mol. The molecule has 0 radical (unpaired) electrons. The van der Waals surface area contributed by atoms with E-state index in [9.17, 15) is 9.59 Å².